The Bertz CT molecular complexity index is 1350. The summed E-state index contributed by atoms with van der Waals surface area (Å²) in [5.74, 6) is 1.47. The quantitative estimate of drug-likeness (QED) is 0.323. The molecule has 1 heterocycles. The molecular weight excluding hydrogens is 426 g/mol. The lowest BCUT2D eigenvalue weighted by Gasteiger charge is -2.37. The molecule has 5 aliphatic rings. The summed E-state index contributed by atoms with van der Waals surface area (Å²) in [6.45, 7) is -0.0821. The van der Waals surface area contributed by atoms with Crippen molar-refractivity contribution in [1.82, 2.24) is 0 Å². The van der Waals surface area contributed by atoms with Gasteiger partial charge < -0.3 is 4.74 Å². The molecule has 1 aliphatic heterocycles. The van der Waals surface area contributed by atoms with Crippen LogP contribution in [0.3, 0.4) is 0 Å². The first-order valence-corrected chi connectivity index (χ1v) is 11.9. The molecule has 2 amide bonds. The molecule has 0 aromatic heterocycles. The number of ketones is 1. The van der Waals surface area contributed by atoms with E-state index in [0.29, 0.717) is 28.8 Å². The van der Waals surface area contributed by atoms with Gasteiger partial charge in [0, 0.05) is 5.56 Å². The molecule has 3 fully saturated rings. The number of amides is 2. The van der Waals surface area contributed by atoms with Gasteiger partial charge in [0.15, 0.2) is 12.4 Å². The number of benzene rings is 3. The van der Waals surface area contributed by atoms with Crippen molar-refractivity contribution in [3.05, 3.63) is 84.4 Å². The lowest BCUT2D eigenvalue weighted by Crippen LogP contribution is -2.40. The maximum absolute atomic E-state index is 13.2. The Hall–Kier alpha value is -3.73. The van der Waals surface area contributed by atoms with Gasteiger partial charge in [0.2, 0.25) is 11.8 Å². The van der Waals surface area contributed by atoms with Crippen LogP contribution < -0.4 is 9.64 Å². The predicted molar refractivity (Wildman–Crippen MR) is 127 cm³/mol. The number of fused-ring (bicyclic) bond motifs is 1. The van der Waals surface area contributed by atoms with E-state index in [-0.39, 0.29) is 47.9 Å². The fourth-order valence-electron chi connectivity index (χ4n) is 6.50. The van der Waals surface area contributed by atoms with E-state index in [4.69, 9.17) is 4.74 Å². The van der Waals surface area contributed by atoms with Crippen LogP contribution in [0.2, 0.25) is 0 Å². The summed E-state index contributed by atoms with van der Waals surface area (Å²) in [6.07, 6.45) is 5.51. The number of Topliss-reactive ketones (excluding diaryl/α,β-unsaturated/α-hetero) is 1. The fourth-order valence-corrected chi connectivity index (χ4v) is 6.50. The van der Waals surface area contributed by atoms with Crippen molar-refractivity contribution in [3.63, 3.8) is 0 Å². The van der Waals surface area contributed by atoms with E-state index in [1.165, 1.54) is 4.90 Å². The first-order chi connectivity index (χ1) is 16.6. The van der Waals surface area contributed by atoms with E-state index >= 15 is 0 Å². The number of nitrogens with zero attached hydrogens (tertiary/aromatic N) is 1. The predicted octanol–water partition coefficient (Wildman–Crippen LogP) is 4.66. The van der Waals surface area contributed by atoms with Crippen molar-refractivity contribution >= 4 is 34.1 Å². The van der Waals surface area contributed by atoms with Crippen LogP contribution in [0.1, 0.15) is 16.8 Å². The van der Waals surface area contributed by atoms with E-state index in [9.17, 15) is 14.4 Å². The SMILES string of the molecule is O=C(COc1ccc(N2C(=O)[C@@H]3[C@@H]4C=C[C@@H]([C@H]5C[C@@H]45)[C@@H]3C2=O)cc1)c1ccc2ccccc2c1. The van der Waals surface area contributed by atoms with E-state index in [1.807, 2.05) is 42.5 Å². The molecule has 5 nitrogen and oxygen atoms in total. The zero-order valence-electron chi connectivity index (χ0n) is 18.5. The van der Waals surface area contributed by atoms with Crippen LogP contribution in [-0.2, 0) is 9.59 Å². The summed E-state index contributed by atoms with van der Waals surface area (Å²) in [7, 11) is 0. The topological polar surface area (TPSA) is 63.7 Å². The Morgan fingerprint density at radius 3 is 2.15 bits per heavy atom. The summed E-state index contributed by atoms with van der Waals surface area (Å²) in [5.41, 5.74) is 1.18. The number of imide groups is 1. The van der Waals surface area contributed by atoms with E-state index in [1.54, 1.807) is 24.3 Å². The van der Waals surface area contributed by atoms with E-state index < -0.39 is 0 Å². The lowest BCUT2D eigenvalue weighted by molar-refractivity contribution is -0.124. The Morgan fingerprint density at radius 1 is 0.824 bits per heavy atom. The molecule has 2 bridgehead atoms. The van der Waals surface area contributed by atoms with Gasteiger partial charge in [0.05, 0.1) is 17.5 Å². The molecular formula is C29H23NO4. The second-order valence-corrected chi connectivity index (χ2v) is 9.93. The summed E-state index contributed by atoms with van der Waals surface area (Å²) >= 11 is 0. The zero-order valence-corrected chi connectivity index (χ0v) is 18.5. The standard InChI is InChI=1S/C29H23NO4/c31-25(18-6-5-16-3-1-2-4-17(16)13-18)15-34-20-9-7-19(8-10-20)30-28(32)26-21-11-12-22(24-14-23(21)24)27(26)29(30)33/h1-13,21-24,26-27H,14-15H2/t21-,22+,23+,24-,26-,27+. The van der Waals surface area contributed by atoms with Crippen LogP contribution >= 0.6 is 0 Å². The minimum absolute atomic E-state index is 0.0696. The number of rotatable bonds is 5. The second kappa shape index (κ2) is 7.13. The highest BCUT2D eigenvalue weighted by Crippen LogP contribution is 2.65. The van der Waals surface area contributed by atoms with Crippen molar-refractivity contribution in [3.8, 4) is 5.75 Å². The molecule has 168 valence electrons. The molecule has 0 spiro atoms. The molecule has 0 unspecified atom stereocenters. The van der Waals surface area contributed by atoms with Gasteiger partial charge in [-0.15, -0.1) is 0 Å². The Balaban J connectivity index is 1.05. The van der Waals surface area contributed by atoms with Gasteiger partial charge in [-0.3, -0.25) is 19.3 Å². The molecule has 0 radical (unpaired) electrons. The molecule has 0 N–H and O–H groups in total. The van der Waals surface area contributed by atoms with Crippen molar-refractivity contribution in [1.29, 1.82) is 0 Å². The first kappa shape index (κ1) is 19.7. The monoisotopic (exact) mass is 449 g/mol. The number of carbonyl (C=O) groups is 3. The van der Waals surface area contributed by atoms with Gasteiger partial charge in [0.25, 0.3) is 0 Å². The maximum atomic E-state index is 13.2. The average Bonchev–Trinajstić information content (AvgIpc) is 3.66. The van der Waals surface area contributed by atoms with Crippen molar-refractivity contribution in [2.75, 3.05) is 11.5 Å². The number of anilines is 1. The number of hydrogen-bond donors (Lipinski definition) is 0. The van der Waals surface area contributed by atoms with Gasteiger partial charge in [-0.2, -0.15) is 0 Å². The molecule has 4 aliphatic carbocycles. The van der Waals surface area contributed by atoms with Crippen LogP contribution in [0.4, 0.5) is 5.69 Å². The number of hydrogen-bond acceptors (Lipinski definition) is 4. The molecule has 8 rings (SSSR count). The van der Waals surface area contributed by atoms with Crippen molar-refractivity contribution in [2.45, 2.75) is 6.42 Å². The Kier molecular flexibility index (Phi) is 4.14. The van der Waals surface area contributed by atoms with E-state index in [2.05, 4.69) is 12.2 Å². The number of carbonyl (C=O) groups excluding carboxylic acids is 3. The van der Waals surface area contributed by atoms with Gasteiger partial charge in [-0.05, 0) is 71.2 Å². The normalized spacial score (nSPS) is 30.4. The highest BCUT2D eigenvalue weighted by atomic mass is 16.5. The number of ether oxygens (including phenoxy) is 1. The second-order valence-electron chi connectivity index (χ2n) is 9.93. The highest BCUT2D eigenvalue weighted by molar-refractivity contribution is 6.22. The smallest absolute Gasteiger partial charge is 0.238 e. The van der Waals surface area contributed by atoms with Gasteiger partial charge in [-0.25, -0.2) is 0 Å². The largest absolute Gasteiger partial charge is 0.485 e. The fraction of sp³-hybridized carbons (Fsp3) is 0.276. The molecule has 1 saturated heterocycles. The average molecular weight is 450 g/mol. The lowest BCUT2D eigenvalue weighted by atomic mass is 9.63. The molecule has 5 heteroatoms. The third-order valence-electron chi connectivity index (χ3n) is 8.20. The third kappa shape index (κ3) is 2.82. The minimum Gasteiger partial charge on any atom is -0.485 e. The van der Waals surface area contributed by atoms with Gasteiger partial charge in [0.1, 0.15) is 5.75 Å². The molecule has 2 saturated carbocycles. The first-order valence-electron chi connectivity index (χ1n) is 11.9. The highest BCUT2D eigenvalue weighted by Gasteiger charge is 2.67. The van der Waals surface area contributed by atoms with Crippen LogP contribution in [0.15, 0.2) is 78.9 Å². The van der Waals surface area contributed by atoms with Crippen molar-refractivity contribution < 1.29 is 19.1 Å². The van der Waals surface area contributed by atoms with Crippen LogP contribution in [-0.4, -0.2) is 24.2 Å². The zero-order chi connectivity index (χ0) is 23.0. The molecule has 3 aromatic rings. The molecule has 3 aromatic carbocycles. The summed E-state index contributed by atoms with van der Waals surface area (Å²) < 4.78 is 5.72. The Morgan fingerprint density at radius 2 is 1.47 bits per heavy atom. The maximum Gasteiger partial charge on any atom is 0.238 e. The number of allylic oxidation sites excluding steroid dienone is 2. The van der Waals surface area contributed by atoms with Crippen LogP contribution in [0, 0.1) is 35.5 Å². The molecule has 6 atom stereocenters. The third-order valence-corrected chi connectivity index (χ3v) is 8.20. The summed E-state index contributed by atoms with van der Waals surface area (Å²) in [6, 6.07) is 20.4. The summed E-state index contributed by atoms with van der Waals surface area (Å²) in [5, 5.41) is 2.10. The van der Waals surface area contributed by atoms with Gasteiger partial charge >= 0.3 is 0 Å². The molecule has 34 heavy (non-hydrogen) atoms. The van der Waals surface area contributed by atoms with Crippen LogP contribution in [0.25, 0.3) is 10.8 Å². The van der Waals surface area contributed by atoms with Gasteiger partial charge in [-0.1, -0.05) is 48.6 Å². The van der Waals surface area contributed by atoms with Crippen LogP contribution in [0.5, 0.6) is 5.75 Å². The Labute approximate surface area is 197 Å². The van der Waals surface area contributed by atoms with E-state index in [0.717, 1.165) is 17.2 Å². The minimum atomic E-state index is -0.207. The summed E-state index contributed by atoms with van der Waals surface area (Å²) in [4.78, 5) is 40.5. The van der Waals surface area contributed by atoms with Crippen molar-refractivity contribution in [2.24, 2.45) is 35.5 Å².